The van der Waals surface area contributed by atoms with Gasteiger partial charge in [0, 0.05) is 0 Å². The molecule has 0 atom stereocenters. The first-order chi connectivity index (χ1) is 9.27. The highest BCUT2D eigenvalue weighted by molar-refractivity contribution is 7.25. The van der Waals surface area contributed by atoms with E-state index in [1.54, 1.807) is 0 Å². The Bertz CT molecular complexity index is 544. The molecule has 0 saturated heterocycles. The Hall–Kier alpha value is -1.46. The Morgan fingerprint density at radius 3 is 2.05 bits per heavy atom. The summed E-state index contributed by atoms with van der Waals surface area (Å²) in [5.74, 6) is 0. The Kier molecular flexibility index (Phi) is 4.50. The molecule has 0 amide bonds. The third-order valence-corrected chi connectivity index (χ3v) is 5.08. The predicted octanol–water partition coefficient (Wildman–Crippen LogP) is 5.66. The lowest BCUT2D eigenvalue weighted by atomic mass is 9.86. The van der Waals surface area contributed by atoms with Crippen molar-refractivity contribution in [2.24, 2.45) is 0 Å². The lowest BCUT2D eigenvalue weighted by molar-refractivity contribution is 0.522. The van der Waals surface area contributed by atoms with E-state index in [0.717, 1.165) is 12.8 Å². The van der Waals surface area contributed by atoms with Gasteiger partial charge in [0.25, 0.3) is 0 Å². The first-order valence-electron chi connectivity index (χ1n) is 6.77. The van der Waals surface area contributed by atoms with Crippen LogP contribution in [0.15, 0.2) is 54.6 Å². The summed E-state index contributed by atoms with van der Waals surface area (Å²) in [6.45, 7) is 4.21. The molecule has 0 unspecified atom stereocenters. The quantitative estimate of drug-likeness (QED) is 0.640. The molecule has 2 rings (SSSR count). The van der Waals surface area contributed by atoms with Crippen molar-refractivity contribution < 1.29 is 4.57 Å². The standard InChI is InChI=1S/C17H19OP/c1-3-17(4-2,19-18)16-13-9-8-12-15(16)14-10-6-5-7-11-14/h5-13H,3-4H2,1-2H3. The van der Waals surface area contributed by atoms with Crippen LogP contribution in [-0.2, 0) is 9.72 Å². The van der Waals surface area contributed by atoms with Crippen molar-refractivity contribution >= 4 is 8.46 Å². The van der Waals surface area contributed by atoms with Crippen molar-refractivity contribution in [3.63, 3.8) is 0 Å². The van der Waals surface area contributed by atoms with Crippen LogP contribution < -0.4 is 0 Å². The monoisotopic (exact) mass is 270 g/mol. The molecule has 0 aliphatic rings. The fraction of sp³-hybridized carbons (Fsp3) is 0.294. The van der Waals surface area contributed by atoms with Gasteiger partial charge in [0.05, 0.1) is 5.16 Å². The van der Waals surface area contributed by atoms with E-state index in [2.05, 4.69) is 38.1 Å². The van der Waals surface area contributed by atoms with Crippen LogP contribution in [0.5, 0.6) is 0 Å². The summed E-state index contributed by atoms with van der Waals surface area (Å²) in [7, 11) is 0.209. The predicted molar refractivity (Wildman–Crippen MR) is 81.7 cm³/mol. The van der Waals surface area contributed by atoms with Crippen LogP contribution >= 0.6 is 8.46 Å². The summed E-state index contributed by atoms with van der Waals surface area (Å²) in [5.41, 5.74) is 3.56. The summed E-state index contributed by atoms with van der Waals surface area (Å²) in [6.07, 6.45) is 1.75. The van der Waals surface area contributed by atoms with Gasteiger partial charge in [0.15, 0.2) is 8.46 Å². The average Bonchev–Trinajstić information content (AvgIpc) is 2.51. The van der Waals surface area contributed by atoms with Crippen molar-refractivity contribution in [1.29, 1.82) is 0 Å². The molecule has 98 valence electrons. The maximum Gasteiger partial charge on any atom is 0.166 e. The van der Waals surface area contributed by atoms with E-state index < -0.39 is 0 Å². The van der Waals surface area contributed by atoms with Crippen molar-refractivity contribution in [3.8, 4) is 11.1 Å². The number of hydrogen-bond donors (Lipinski definition) is 0. The summed E-state index contributed by atoms with van der Waals surface area (Å²) in [4.78, 5) is 0. The third-order valence-electron chi connectivity index (χ3n) is 3.86. The maximum atomic E-state index is 11.8. The van der Waals surface area contributed by atoms with Crippen LogP contribution in [0.1, 0.15) is 32.3 Å². The number of rotatable bonds is 5. The second-order valence-corrected chi connectivity index (χ2v) is 5.78. The molecular weight excluding hydrogens is 251 g/mol. The molecule has 0 aliphatic carbocycles. The minimum Gasteiger partial charge on any atom is -0.274 e. The van der Waals surface area contributed by atoms with E-state index in [4.69, 9.17) is 0 Å². The Morgan fingerprint density at radius 2 is 1.47 bits per heavy atom. The van der Waals surface area contributed by atoms with Crippen molar-refractivity contribution in [3.05, 3.63) is 60.2 Å². The van der Waals surface area contributed by atoms with Gasteiger partial charge >= 0.3 is 0 Å². The number of hydrogen-bond acceptors (Lipinski definition) is 1. The molecule has 19 heavy (non-hydrogen) atoms. The van der Waals surface area contributed by atoms with Crippen LogP contribution in [0.3, 0.4) is 0 Å². The zero-order valence-corrected chi connectivity index (χ0v) is 12.4. The van der Waals surface area contributed by atoms with Crippen LogP contribution in [0.25, 0.3) is 11.1 Å². The highest BCUT2D eigenvalue weighted by atomic mass is 31.1. The molecule has 0 radical (unpaired) electrons. The first kappa shape index (κ1) is 14.0. The van der Waals surface area contributed by atoms with Gasteiger partial charge in [-0.05, 0) is 29.5 Å². The highest BCUT2D eigenvalue weighted by Crippen LogP contribution is 2.45. The summed E-state index contributed by atoms with van der Waals surface area (Å²) < 4.78 is 11.8. The first-order valence-corrected chi connectivity index (χ1v) is 7.58. The smallest absolute Gasteiger partial charge is 0.166 e. The Balaban J connectivity index is 2.62. The molecule has 2 heteroatoms. The second kappa shape index (κ2) is 6.12. The van der Waals surface area contributed by atoms with E-state index in [-0.39, 0.29) is 13.6 Å². The minimum atomic E-state index is -0.271. The minimum absolute atomic E-state index is 0.209. The van der Waals surface area contributed by atoms with Crippen molar-refractivity contribution in [1.82, 2.24) is 0 Å². The van der Waals surface area contributed by atoms with Gasteiger partial charge in [-0.3, -0.25) is 4.57 Å². The molecule has 0 bridgehead atoms. The molecule has 0 fully saturated rings. The summed E-state index contributed by atoms with van der Waals surface area (Å²) in [5, 5.41) is -0.271. The SMILES string of the molecule is CCC(CC)(P=O)c1ccccc1-c1ccccc1. The summed E-state index contributed by atoms with van der Waals surface area (Å²) >= 11 is 0. The van der Waals surface area contributed by atoms with Crippen LogP contribution in [0.2, 0.25) is 0 Å². The van der Waals surface area contributed by atoms with Gasteiger partial charge in [0.1, 0.15) is 0 Å². The highest BCUT2D eigenvalue weighted by Gasteiger charge is 2.31. The van der Waals surface area contributed by atoms with Gasteiger partial charge in [-0.25, -0.2) is 0 Å². The molecule has 2 aromatic carbocycles. The normalized spacial score (nSPS) is 11.7. The molecule has 0 heterocycles. The van der Waals surface area contributed by atoms with E-state index >= 15 is 0 Å². The summed E-state index contributed by atoms with van der Waals surface area (Å²) in [6, 6.07) is 18.6. The molecule has 2 aromatic rings. The Labute approximate surface area is 116 Å². The van der Waals surface area contributed by atoms with E-state index in [1.807, 2.05) is 30.3 Å². The van der Waals surface area contributed by atoms with Crippen molar-refractivity contribution in [2.45, 2.75) is 31.8 Å². The molecule has 1 nitrogen and oxygen atoms in total. The topological polar surface area (TPSA) is 17.1 Å². The van der Waals surface area contributed by atoms with E-state index in [0.29, 0.717) is 0 Å². The van der Waals surface area contributed by atoms with E-state index in [9.17, 15) is 4.57 Å². The Morgan fingerprint density at radius 1 is 0.895 bits per heavy atom. The molecule has 0 aromatic heterocycles. The third kappa shape index (κ3) is 2.62. The largest absolute Gasteiger partial charge is 0.274 e. The lowest BCUT2D eigenvalue weighted by Crippen LogP contribution is -2.17. The molecule has 0 aliphatic heterocycles. The van der Waals surface area contributed by atoms with Gasteiger partial charge < -0.3 is 0 Å². The lowest BCUT2D eigenvalue weighted by Gasteiger charge is -2.27. The fourth-order valence-electron chi connectivity index (χ4n) is 2.57. The van der Waals surface area contributed by atoms with Crippen LogP contribution in [-0.4, -0.2) is 0 Å². The number of benzene rings is 2. The zero-order chi connectivity index (χ0) is 13.7. The average molecular weight is 270 g/mol. The van der Waals surface area contributed by atoms with Gasteiger partial charge in [0.2, 0.25) is 0 Å². The fourth-order valence-corrected chi connectivity index (χ4v) is 3.12. The molecule has 0 N–H and O–H groups in total. The second-order valence-electron chi connectivity index (χ2n) is 4.74. The molecule has 0 saturated carbocycles. The van der Waals surface area contributed by atoms with Crippen LogP contribution in [0.4, 0.5) is 0 Å². The van der Waals surface area contributed by atoms with Gasteiger partial charge in [-0.1, -0.05) is 68.4 Å². The molecule has 0 spiro atoms. The van der Waals surface area contributed by atoms with Gasteiger partial charge in [-0.2, -0.15) is 0 Å². The maximum absolute atomic E-state index is 11.8. The van der Waals surface area contributed by atoms with E-state index in [1.165, 1.54) is 16.7 Å². The molecular formula is C17H19OP. The van der Waals surface area contributed by atoms with Crippen LogP contribution in [0, 0.1) is 0 Å². The van der Waals surface area contributed by atoms with Gasteiger partial charge in [-0.15, -0.1) is 0 Å². The van der Waals surface area contributed by atoms with Crippen molar-refractivity contribution in [2.75, 3.05) is 0 Å². The zero-order valence-electron chi connectivity index (χ0n) is 11.5.